The van der Waals surface area contributed by atoms with Crippen LogP contribution >= 0.6 is 23.2 Å². The van der Waals surface area contributed by atoms with Crippen LogP contribution in [0.2, 0.25) is 10.0 Å². The molecule has 0 bridgehead atoms. The number of aliphatic hydroxyl groups is 1. The van der Waals surface area contributed by atoms with Crippen LogP contribution in [0.4, 0.5) is 10.5 Å². The number of rotatable bonds is 2. The minimum absolute atomic E-state index is 0.176. The van der Waals surface area contributed by atoms with Crippen molar-refractivity contribution in [3.05, 3.63) is 28.2 Å². The highest BCUT2D eigenvalue weighted by molar-refractivity contribution is 6.42. The lowest BCUT2D eigenvalue weighted by Crippen LogP contribution is -2.49. The van der Waals surface area contributed by atoms with Crippen molar-refractivity contribution < 1.29 is 9.90 Å². The molecule has 1 heterocycles. The van der Waals surface area contributed by atoms with E-state index in [1.165, 1.54) is 0 Å². The predicted molar refractivity (Wildman–Crippen MR) is 81.5 cm³/mol. The van der Waals surface area contributed by atoms with Crippen molar-refractivity contribution in [3.63, 3.8) is 0 Å². The van der Waals surface area contributed by atoms with E-state index in [1.807, 2.05) is 0 Å². The van der Waals surface area contributed by atoms with E-state index in [-0.39, 0.29) is 12.1 Å². The fraction of sp³-hybridized carbons (Fsp3) is 0.500. The molecule has 1 unspecified atom stereocenters. The van der Waals surface area contributed by atoms with E-state index >= 15 is 0 Å². The fourth-order valence-electron chi connectivity index (χ4n) is 2.51. The summed E-state index contributed by atoms with van der Waals surface area (Å²) >= 11 is 11.8. The monoisotopic (exact) mass is 316 g/mol. The Balaban J connectivity index is 2.09. The molecule has 2 amide bonds. The van der Waals surface area contributed by atoms with Gasteiger partial charge in [0, 0.05) is 12.2 Å². The molecule has 1 aliphatic rings. The highest BCUT2D eigenvalue weighted by Crippen LogP contribution is 2.29. The molecule has 1 aliphatic heterocycles. The van der Waals surface area contributed by atoms with Crippen LogP contribution in [0, 0.1) is 0 Å². The zero-order valence-electron chi connectivity index (χ0n) is 11.5. The lowest BCUT2D eigenvalue weighted by molar-refractivity contribution is 0.0117. The first-order chi connectivity index (χ1) is 9.29. The number of urea groups is 1. The summed E-state index contributed by atoms with van der Waals surface area (Å²) in [6, 6.07) is 4.54. The molecular weight excluding hydrogens is 299 g/mol. The largest absolute Gasteiger partial charge is 0.388 e. The van der Waals surface area contributed by atoms with E-state index in [0.29, 0.717) is 22.3 Å². The number of likely N-dealkylation sites (tertiary alicyclic amines) is 1. The fourth-order valence-corrected chi connectivity index (χ4v) is 2.81. The highest BCUT2D eigenvalue weighted by atomic mass is 35.5. The standard InChI is InChI=1S/C14H18Cl2N2O2/c1-14(2,20)12-4-3-7-18(12)13(19)17-9-5-6-10(15)11(16)8-9/h5-6,8,12,20H,3-4,7H2,1-2H3,(H,17,19). The lowest BCUT2D eigenvalue weighted by Gasteiger charge is -2.33. The van der Waals surface area contributed by atoms with Crippen LogP contribution in [-0.2, 0) is 0 Å². The van der Waals surface area contributed by atoms with Gasteiger partial charge < -0.3 is 15.3 Å². The number of carbonyl (C=O) groups is 1. The van der Waals surface area contributed by atoms with Crippen LogP contribution in [0.5, 0.6) is 0 Å². The van der Waals surface area contributed by atoms with Crippen LogP contribution in [0.15, 0.2) is 18.2 Å². The Hall–Kier alpha value is -0.970. The summed E-state index contributed by atoms with van der Waals surface area (Å²) in [5.74, 6) is 0. The van der Waals surface area contributed by atoms with Gasteiger partial charge in [-0.25, -0.2) is 4.79 Å². The summed E-state index contributed by atoms with van der Waals surface area (Å²) < 4.78 is 0. The number of carbonyl (C=O) groups excluding carboxylic acids is 1. The maximum Gasteiger partial charge on any atom is 0.322 e. The molecule has 1 saturated heterocycles. The first kappa shape index (κ1) is 15.4. The molecule has 0 spiro atoms. The van der Waals surface area contributed by atoms with Crippen molar-refractivity contribution in [1.82, 2.24) is 4.90 Å². The van der Waals surface area contributed by atoms with E-state index in [2.05, 4.69) is 5.32 Å². The van der Waals surface area contributed by atoms with Crippen molar-refractivity contribution in [2.75, 3.05) is 11.9 Å². The van der Waals surface area contributed by atoms with Gasteiger partial charge in [0.15, 0.2) is 0 Å². The van der Waals surface area contributed by atoms with E-state index in [0.717, 1.165) is 12.8 Å². The van der Waals surface area contributed by atoms with Crippen molar-refractivity contribution in [3.8, 4) is 0 Å². The molecule has 20 heavy (non-hydrogen) atoms. The van der Waals surface area contributed by atoms with Gasteiger partial charge in [0.1, 0.15) is 0 Å². The van der Waals surface area contributed by atoms with E-state index in [4.69, 9.17) is 23.2 Å². The molecule has 6 heteroatoms. The van der Waals surface area contributed by atoms with Gasteiger partial charge in [0.2, 0.25) is 0 Å². The number of nitrogens with one attached hydrogen (secondary N) is 1. The van der Waals surface area contributed by atoms with Gasteiger partial charge >= 0.3 is 6.03 Å². The molecule has 1 aromatic rings. The van der Waals surface area contributed by atoms with Gasteiger partial charge in [-0.15, -0.1) is 0 Å². The average Bonchev–Trinajstić information content (AvgIpc) is 2.83. The predicted octanol–water partition coefficient (Wildman–Crippen LogP) is 3.76. The lowest BCUT2D eigenvalue weighted by atomic mass is 9.97. The van der Waals surface area contributed by atoms with Crippen molar-refractivity contribution in [1.29, 1.82) is 0 Å². The van der Waals surface area contributed by atoms with Crippen molar-refractivity contribution in [2.45, 2.75) is 38.3 Å². The van der Waals surface area contributed by atoms with Crippen LogP contribution in [0.3, 0.4) is 0 Å². The summed E-state index contributed by atoms with van der Waals surface area (Å²) in [6.07, 6.45) is 1.70. The summed E-state index contributed by atoms with van der Waals surface area (Å²) in [4.78, 5) is 14.0. The van der Waals surface area contributed by atoms with Gasteiger partial charge in [0.05, 0.1) is 21.7 Å². The zero-order chi connectivity index (χ0) is 14.9. The molecule has 2 rings (SSSR count). The maximum atomic E-state index is 12.3. The molecule has 110 valence electrons. The number of hydrogen-bond acceptors (Lipinski definition) is 2. The molecular formula is C14H18Cl2N2O2. The molecule has 0 radical (unpaired) electrons. The van der Waals surface area contributed by atoms with Gasteiger partial charge in [-0.05, 0) is 44.9 Å². The number of nitrogens with zero attached hydrogens (tertiary/aromatic N) is 1. The molecule has 0 saturated carbocycles. The molecule has 0 aliphatic carbocycles. The average molecular weight is 317 g/mol. The third-order valence-electron chi connectivity index (χ3n) is 3.50. The quantitative estimate of drug-likeness (QED) is 0.872. The summed E-state index contributed by atoms with van der Waals surface area (Å²) in [6.45, 7) is 4.09. The van der Waals surface area contributed by atoms with Crippen molar-refractivity contribution >= 4 is 34.9 Å². The molecule has 1 fully saturated rings. The Morgan fingerprint density at radius 2 is 2.10 bits per heavy atom. The molecule has 0 aromatic heterocycles. The third kappa shape index (κ3) is 3.37. The van der Waals surface area contributed by atoms with E-state index in [1.54, 1.807) is 36.9 Å². The Morgan fingerprint density at radius 3 is 2.70 bits per heavy atom. The van der Waals surface area contributed by atoms with Gasteiger partial charge in [-0.2, -0.15) is 0 Å². The first-order valence-corrected chi connectivity index (χ1v) is 7.29. The first-order valence-electron chi connectivity index (χ1n) is 6.54. The SMILES string of the molecule is CC(C)(O)C1CCCN1C(=O)Nc1ccc(Cl)c(Cl)c1. The highest BCUT2D eigenvalue weighted by Gasteiger charge is 2.38. The Morgan fingerprint density at radius 1 is 1.40 bits per heavy atom. The number of halogens is 2. The Labute approximate surface area is 128 Å². The number of hydrogen-bond donors (Lipinski definition) is 2. The zero-order valence-corrected chi connectivity index (χ0v) is 13.0. The van der Waals surface area contributed by atoms with Gasteiger partial charge in [-0.1, -0.05) is 23.2 Å². The topological polar surface area (TPSA) is 52.6 Å². The van der Waals surface area contributed by atoms with E-state index < -0.39 is 5.60 Å². The smallest absolute Gasteiger partial charge is 0.322 e. The van der Waals surface area contributed by atoms with Crippen LogP contribution in [-0.4, -0.2) is 34.2 Å². The molecule has 4 nitrogen and oxygen atoms in total. The minimum Gasteiger partial charge on any atom is -0.388 e. The summed E-state index contributed by atoms with van der Waals surface area (Å²) in [5.41, 5.74) is -0.323. The van der Waals surface area contributed by atoms with Gasteiger partial charge in [-0.3, -0.25) is 0 Å². The van der Waals surface area contributed by atoms with Crippen LogP contribution < -0.4 is 5.32 Å². The number of amides is 2. The molecule has 1 atom stereocenters. The maximum absolute atomic E-state index is 12.3. The summed E-state index contributed by atoms with van der Waals surface area (Å²) in [5, 5.41) is 13.7. The second-order valence-electron chi connectivity index (χ2n) is 5.56. The second kappa shape index (κ2) is 5.80. The Kier molecular flexibility index (Phi) is 4.47. The molecule has 2 N–H and O–H groups in total. The second-order valence-corrected chi connectivity index (χ2v) is 6.38. The number of anilines is 1. The minimum atomic E-state index is -0.911. The Bertz CT molecular complexity index is 514. The number of benzene rings is 1. The summed E-state index contributed by atoms with van der Waals surface area (Å²) in [7, 11) is 0. The third-order valence-corrected chi connectivity index (χ3v) is 4.24. The normalized spacial score (nSPS) is 19.2. The molecule has 1 aromatic carbocycles. The van der Waals surface area contributed by atoms with Crippen LogP contribution in [0.1, 0.15) is 26.7 Å². The van der Waals surface area contributed by atoms with Crippen molar-refractivity contribution in [2.24, 2.45) is 0 Å². The van der Waals surface area contributed by atoms with Crippen LogP contribution in [0.25, 0.3) is 0 Å². The van der Waals surface area contributed by atoms with Gasteiger partial charge in [0.25, 0.3) is 0 Å². The van der Waals surface area contributed by atoms with E-state index in [9.17, 15) is 9.90 Å².